The molecule has 0 bridgehead atoms. The maximum atomic E-state index is 8.84. The SMILES string of the molecule is C=CNC(=NC(C)C#N)Nc1ccc(N2CCNCC2)nc1. The zero-order valence-electron chi connectivity index (χ0n) is 12.7. The van der Waals surface area contributed by atoms with Crippen molar-refractivity contribution < 1.29 is 0 Å². The van der Waals surface area contributed by atoms with Crippen LogP contribution in [-0.2, 0) is 0 Å². The topological polar surface area (TPSA) is 88.4 Å². The normalized spacial score (nSPS) is 16.5. The monoisotopic (exact) mass is 299 g/mol. The molecular formula is C15H21N7. The van der Waals surface area contributed by atoms with Crippen LogP contribution in [0.15, 0.2) is 36.1 Å². The predicted octanol–water partition coefficient (Wildman–Crippen LogP) is 0.904. The molecule has 0 aliphatic carbocycles. The van der Waals surface area contributed by atoms with Crippen molar-refractivity contribution in [3.05, 3.63) is 31.1 Å². The van der Waals surface area contributed by atoms with Crippen molar-refractivity contribution in [3.8, 4) is 6.07 Å². The molecule has 1 saturated heterocycles. The summed E-state index contributed by atoms with van der Waals surface area (Å²) in [5, 5.41) is 18.1. The van der Waals surface area contributed by atoms with Crippen LogP contribution in [0.1, 0.15) is 6.92 Å². The van der Waals surface area contributed by atoms with Crippen LogP contribution in [0, 0.1) is 11.3 Å². The number of hydrogen-bond donors (Lipinski definition) is 3. The molecule has 0 saturated carbocycles. The summed E-state index contributed by atoms with van der Waals surface area (Å²) in [5.74, 6) is 1.44. The molecule has 0 amide bonds. The summed E-state index contributed by atoms with van der Waals surface area (Å²) in [6.07, 6.45) is 3.27. The van der Waals surface area contributed by atoms with Crippen molar-refractivity contribution in [3.63, 3.8) is 0 Å². The number of piperazine rings is 1. The molecule has 1 aromatic heterocycles. The van der Waals surface area contributed by atoms with Crippen LogP contribution in [-0.4, -0.2) is 43.2 Å². The number of nitrogens with zero attached hydrogens (tertiary/aromatic N) is 4. The molecule has 1 fully saturated rings. The summed E-state index contributed by atoms with van der Waals surface area (Å²) < 4.78 is 0. The van der Waals surface area contributed by atoms with E-state index in [4.69, 9.17) is 5.26 Å². The highest BCUT2D eigenvalue weighted by Crippen LogP contribution is 2.14. The number of anilines is 2. The van der Waals surface area contributed by atoms with E-state index >= 15 is 0 Å². The third-order valence-corrected chi connectivity index (χ3v) is 3.20. The van der Waals surface area contributed by atoms with Crippen molar-refractivity contribution in [2.24, 2.45) is 4.99 Å². The third kappa shape index (κ3) is 4.46. The maximum absolute atomic E-state index is 8.84. The summed E-state index contributed by atoms with van der Waals surface area (Å²) in [6.45, 7) is 9.21. The molecule has 3 N–H and O–H groups in total. The fraction of sp³-hybridized carbons (Fsp3) is 0.400. The van der Waals surface area contributed by atoms with E-state index in [0.717, 1.165) is 37.7 Å². The van der Waals surface area contributed by atoms with Gasteiger partial charge in [0.1, 0.15) is 11.9 Å². The second-order valence-electron chi connectivity index (χ2n) is 4.90. The van der Waals surface area contributed by atoms with Crippen LogP contribution in [0.25, 0.3) is 0 Å². The van der Waals surface area contributed by atoms with Gasteiger partial charge >= 0.3 is 0 Å². The Labute approximate surface area is 130 Å². The van der Waals surface area contributed by atoms with E-state index in [9.17, 15) is 0 Å². The van der Waals surface area contributed by atoms with Gasteiger partial charge in [0.25, 0.3) is 0 Å². The van der Waals surface area contributed by atoms with Gasteiger partial charge in [0, 0.05) is 26.2 Å². The molecule has 1 unspecified atom stereocenters. The van der Waals surface area contributed by atoms with Crippen LogP contribution in [0.4, 0.5) is 11.5 Å². The number of hydrogen-bond acceptors (Lipinski definition) is 5. The van der Waals surface area contributed by atoms with Crippen LogP contribution in [0.2, 0.25) is 0 Å². The first kappa shape index (κ1) is 15.8. The van der Waals surface area contributed by atoms with Crippen LogP contribution in [0.3, 0.4) is 0 Å². The van der Waals surface area contributed by atoms with E-state index in [2.05, 4.69) is 43.5 Å². The lowest BCUT2D eigenvalue weighted by Gasteiger charge is -2.28. The predicted molar refractivity (Wildman–Crippen MR) is 88.8 cm³/mol. The first-order valence-corrected chi connectivity index (χ1v) is 7.26. The van der Waals surface area contributed by atoms with Gasteiger partial charge in [-0.05, 0) is 25.3 Å². The molecule has 0 aromatic carbocycles. The van der Waals surface area contributed by atoms with Crippen molar-refractivity contribution >= 4 is 17.5 Å². The lowest BCUT2D eigenvalue weighted by molar-refractivity contribution is 0.585. The summed E-state index contributed by atoms with van der Waals surface area (Å²) >= 11 is 0. The number of guanidine groups is 1. The van der Waals surface area contributed by atoms with Gasteiger partial charge in [0.05, 0.1) is 18.0 Å². The summed E-state index contributed by atoms with van der Waals surface area (Å²) in [4.78, 5) is 10.9. The molecule has 2 rings (SSSR count). The van der Waals surface area contributed by atoms with Crippen molar-refractivity contribution in [1.29, 1.82) is 5.26 Å². The highest BCUT2D eigenvalue weighted by Gasteiger charge is 2.11. The Morgan fingerprint density at radius 2 is 2.32 bits per heavy atom. The quantitative estimate of drug-likeness (QED) is 0.565. The maximum Gasteiger partial charge on any atom is 0.201 e. The smallest absolute Gasteiger partial charge is 0.201 e. The minimum absolute atomic E-state index is 0.442. The number of pyridine rings is 1. The molecule has 116 valence electrons. The average Bonchev–Trinajstić information content (AvgIpc) is 2.56. The number of aliphatic imine (C=N–C) groups is 1. The Bertz CT molecular complexity index is 552. The van der Waals surface area contributed by atoms with Crippen LogP contribution >= 0.6 is 0 Å². The minimum atomic E-state index is -0.442. The lowest BCUT2D eigenvalue weighted by Crippen LogP contribution is -2.43. The highest BCUT2D eigenvalue weighted by atomic mass is 15.2. The van der Waals surface area contributed by atoms with E-state index in [0.29, 0.717) is 5.96 Å². The number of aromatic nitrogens is 1. The molecule has 22 heavy (non-hydrogen) atoms. The fourth-order valence-electron chi connectivity index (χ4n) is 2.10. The van der Waals surface area contributed by atoms with Gasteiger partial charge in [0.15, 0.2) is 0 Å². The van der Waals surface area contributed by atoms with Crippen molar-refractivity contribution in [2.75, 3.05) is 36.4 Å². The molecule has 7 nitrogen and oxygen atoms in total. The Kier molecular flexibility index (Phi) is 5.74. The molecule has 2 heterocycles. The summed E-state index contributed by atoms with van der Waals surface area (Å²) in [5.41, 5.74) is 0.803. The standard InChI is InChI=1S/C15H21N7/c1-3-18-15(20-12(2)10-16)21-13-4-5-14(19-11-13)22-8-6-17-7-9-22/h3-5,11-12,17H,1,6-9H2,2H3,(H2,18,20,21). The van der Waals surface area contributed by atoms with Crippen molar-refractivity contribution in [1.82, 2.24) is 15.6 Å². The second kappa shape index (κ2) is 8.00. The Morgan fingerprint density at radius 1 is 1.55 bits per heavy atom. The molecular weight excluding hydrogens is 278 g/mol. The minimum Gasteiger partial charge on any atom is -0.354 e. The summed E-state index contributed by atoms with van der Waals surface area (Å²) in [7, 11) is 0. The first-order chi connectivity index (χ1) is 10.7. The molecule has 1 aliphatic rings. The zero-order chi connectivity index (χ0) is 15.8. The van der Waals surface area contributed by atoms with E-state index in [1.54, 1.807) is 13.1 Å². The van der Waals surface area contributed by atoms with Gasteiger partial charge in [-0.1, -0.05) is 6.58 Å². The molecule has 0 radical (unpaired) electrons. The Balaban J connectivity index is 2.04. The van der Waals surface area contributed by atoms with Gasteiger partial charge in [0.2, 0.25) is 5.96 Å². The highest BCUT2D eigenvalue weighted by molar-refractivity contribution is 5.94. The van der Waals surface area contributed by atoms with Gasteiger partial charge < -0.3 is 20.9 Å². The van der Waals surface area contributed by atoms with E-state index in [1.807, 2.05) is 12.1 Å². The average molecular weight is 299 g/mol. The van der Waals surface area contributed by atoms with E-state index < -0.39 is 6.04 Å². The lowest BCUT2D eigenvalue weighted by atomic mass is 10.3. The van der Waals surface area contributed by atoms with Gasteiger partial charge in [-0.15, -0.1) is 0 Å². The van der Waals surface area contributed by atoms with Crippen molar-refractivity contribution in [2.45, 2.75) is 13.0 Å². The molecule has 7 heteroatoms. The zero-order valence-corrected chi connectivity index (χ0v) is 12.7. The molecule has 1 atom stereocenters. The summed E-state index contributed by atoms with van der Waals surface area (Å²) in [6, 6.07) is 5.55. The third-order valence-electron chi connectivity index (χ3n) is 3.20. The fourth-order valence-corrected chi connectivity index (χ4v) is 2.10. The van der Waals surface area contributed by atoms with Gasteiger partial charge in [-0.2, -0.15) is 5.26 Å². The van der Waals surface area contributed by atoms with Crippen LogP contribution < -0.4 is 20.9 Å². The number of rotatable bonds is 4. The number of nitrogens with one attached hydrogen (secondary N) is 3. The number of nitriles is 1. The van der Waals surface area contributed by atoms with E-state index in [-0.39, 0.29) is 0 Å². The molecule has 1 aromatic rings. The Morgan fingerprint density at radius 3 is 2.91 bits per heavy atom. The first-order valence-electron chi connectivity index (χ1n) is 7.26. The van der Waals surface area contributed by atoms with Crippen LogP contribution in [0.5, 0.6) is 0 Å². The van der Waals surface area contributed by atoms with Gasteiger partial charge in [-0.3, -0.25) is 0 Å². The molecule has 0 spiro atoms. The van der Waals surface area contributed by atoms with E-state index in [1.165, 1.54) is 6.20 Å². The second-order valence-corrected chi connectivity index (χ2v) is 4.90. The largest absolute Gasteiger partial charge is 0.354 e. The molecule has 1 aliphatic heterocycles. The Hall–Kier alpha value is -2.59. The van der Waals surface area contributed by atoms with Gasteiger partial charge in [-0.25, -0.2) is 9.98 Å².